The molecule has 0 aliphatic carbocycles. The van der Waals surface area contributed by atoms with Crippen molar-refractivity contribution in [3.63, 3.8) is 0 Å². The number of rotatable bonds is 9. The number of aromatic hydroxyl groups is 1. The lowest BCUT2D eigenvalue weighted by Crippen LogP contribution is -2.04. The van der Waals surface area contributed by atoms with E-state index < -0.39 is 6.10 Å². The van der Waals surface area contributed by atoms with Crippen molar-refractivity contribution in [1.82, 2.24) is 20.6 Å². The van der Waals surface area contributed by atoms with Crippen molar-refractivity contribution in [3.05, 3.63) is 88.5 Å². The number of tetrazole rings is 1. The SMILES string of the molecule is CCCc1c(COc2ccc(C(O)c3cccc(-c4nn[nH]n4)c3)cc2)ccc(C(C)=O)c1O. The van der Waals surface area contributed by atoms with Crippen LogP contribution in [0.3, 0.4) is 0 Å². The predicted octanol–water partition coefficient (Wildman–Crippen LogP) is 4.39. The molecule has 34 heavy (non-hydrogen) atoms. The first-order valence-electron chi connectivity index (χ1n) is 11.1. The van der Waals surface area contributed by atoms with Crippen molar-refractivity contribution in [2.24, 2.45) is 0 Å². The second-order valence-electron chi connectivity index (χ2n) is 8.03. The Morgan fingerprint density at radius 3 is 2.56 bits per heavy atom. The maximum absolute atomic E-state index is 11.8. The average molecular weight is 459 g/mol. The zero-order valence-corrected chi connectivity index (χ0v) is 19.0. The van der Waals surface area contributed by atoms with Crippen molar-refractivity contribution in [2.75, 3.05) is 0 Å². The first-order chi connectivity index (χ1) is 16.5. The highest BCUT2D eigenvalue weighted by Crippen LogP contribution is 2.30. The van der Waals surface area contributed by atoms with Gasteiger partial charge in [-0.1, -0.05) is 49.7 Å². The molecule has 1 unspecified atom stereocenters. The molecule has 8 nitrogen and oxygen atoms in total. The van der Waals surface area contributed by atoms with Crippen LogP contribution in [-0.4, -0.2) is 36.6 Å². The number of aliphatic hydroxyl groups excluding tert-OH is 1. The van der Waals surface area contributed by atoms with E-state index in [2.05, 4.69) is 20.6 Å². The molecule has 1 heterocycles. The molecule has 0 amide bonds. The number of phenols is 1. The summed E-state index contributed by atoms with van der Waals surface area (Å²) in [5.74, 6) is 0.966. The van der Waals surface area contributed by atoms with Gasteiger partial charge < -0.3 is 14.9 Å². The Hall–Kier alpha value is -4.04. The fourth-order valence-corrected chi connectivity index (χ4v) is 3.86. The zero-order chi connectivity index (χ0) is 24.1. The molecule has 4 rings (SSSR count). The minimum Gasteiger partial charge on any atom is -0.507 e. The van der Waals surface area contributed by atoms with Gasteiger partial charge in [-0.05, 0) is 59.5 Å². The van der Waals surface area contributed by atoms with Gasteiger partial charge in [-0.25, -0.2) is 0 Å². The van der Waals surface area contributed by atoms with Gasteiger partial charge in [0.1, 0.15) is 24.2 Å². The van der Waals surface area contributed by atoms with Gasteiger partial charge in [0.25, 0.3) is 0 Å². The van der Waals surface area contributed by atoms with Crippen molar-refractivity contribution in [1.29, 1.82) is 0 Å². The van der Waals surface area contributed by atoms with Crippen LogP contribution in [0.4, 0.5) is 0 Å². The standard InChI is InChI=1S/C26H26N4O4/c1-3-5-23-20(10-13-22(16(2)31)25(23)33)15-34-21-11-8-17(9-12-21)24(32)18-6-4-7-19(14-18)26-27-29-30-28-26/h4,6-14,24,32-33H,3,5,15H2,1-2H3,(H,27,28,29,30). The molecule has 4 aromatic rings. The predicted molar refractivity (Wildman–Crippen MR) is 127 cm³/mol. The van der Waals surface area contributed by atoms with Gasteiger partial charge in [-0.2, -0.15) is 5.21 Å². The van der Waals surface area contributed by atoms with Crippen LogP contribution in [0.25, 0.3) is 11.4 Å². The molecule has 0 saturated carbocycles. The van der Waals surface area contributed by atoms with Crippen LogP contribution in [0.1, 0.15) is 59.0 Å². The maximum atomic E-state index is 11.8. The Morgan fingerprint density at radius 2 is 1.88 bits per heavy atom. The highest BCUT2D eigenvalue weighted by atomic mass is 16.5. The third kappa shape index (κ3) is 4.97. The number of aromatic nitrogens is 4. The maximum Gasteiger partial charge on any atom is 0.204 e. The monoisotopic (exact) mass is 458 g/mol. The molecule has 0 saturated heterocycles. The molecule has 3 N–H and O–H groups in total. The van der Waals surface area contributed by atoms with Gasteiger partial charge >= 0.3 is 0 Å². The second kappa shape index (κ2) is 10.3. The number of ketones is 1. The van der Waals surface area contributed by atoms with Crippen LogP contribution in [0, 0.1) is 0 Å². The summed E-state index contributed by atoms with van der Waals surface area (Å²) in [4.78, 5) is 11.8. The third-order valence-corrected chi connectivity index (χ3v) is 5.66. The Balaban J connectivity index is 1.47. The summed E-state index contributed by atoms with van der Waals surface area (Å²) in [6, 6.07) is 18.0. The summed E-state index contributed by atoms with van der Waals surface area (Å²) < 4.78 is 5.94. The number of aliphatic hydroxyl groups is 1. The number of Topliss-reactive ketones (excluding diaryl/α,β-unsaturated/α-hetero) is 1. The summed E-state index contributed by atoms with van der Waals surface area (Å²) >= 11 is 0. The average Bonchev–Trinajstić information content (AvgIpc) is 3.39. The molecule has 8 heteroatoms. The number of hydrogen-bond donors (Lipinski definition) is 3. The first-order valence-corrected chi connectivity index (χ1v) is 11.1. The molecule has 3 aromatic carbocycles. The highest BCUT2D eigenvalue weighted by Gasteiger charge is 2.16. The highest BCUT2D eigenvalue weighted by molar-refractivity contribution is 5.97. The van der Waals surface area contributed by atoms with E-state index >= 15 is 0 Å². The van der Waals surface area contributed by atoms with Crippen LogP contribution in [0.5, 0.6) is 11.5 Å². The molecule has 0 bridgehead atoms. The topological polar surface area (TPSA) is 121 Å². The number of nitrogens with zero attached hydrogens (tertiary/aromatic N) is 3. The molecule has 0 aliphatic rings. The normalized spacial score (nSPS) is 11.9. The molecule has 1 atom stereocenters. The van der Waals surface area contributed by atoms with E-state index in [-0.39, 0.29) is 18.1 Å². The fourth-order valence-electron chi connectivity index (χ4n) is 3.86. The molecule has 0 spiro atoms. The van der Waals surface area contributed by atoms with Crippen molar-refractivity contribution in [3.8, 4) is 22.9 Å². The number of phenolic OH excluding ortho intramolecular Hbond substituents is 1. The van der Waals surface area contributed by atoms with E-state index in [9.17, 15) is 15.0 Å². The van der Waals surface area contributed by atoms with Crippen LogP contribution in [0.15, 0.2) is 60.7 Å². The van der Waals surface area contributed by atoms with Crippen LogP contribution < -0.4 is 4.74 Å². The number of aromatic amines is 1. The summed E-state index contributed by atoms with van der Waals surface area (Å²) in [6.07, 6.45) is 0.662. The van der Waals surface area contributed by atoms with E-state index in [1.54, 1.807) is 18.2 Å². The van der Waals surface area contributed by atoms with Crippen LogP contribution >= 0.6 is 0 Å². The van der Waals surface area contributed by atoms with Gasteiger partial charge in [0.2, 0.25) is 5.82 Å². The Labute approximate surface area is 197 Å². The lowest BCUT2D eigenvalue weighted by molar-refractivity contribution is 0.101. The Bertz CT molecular complexity index is 1270. The molecule has 0 aliphatic heterocycles. The summed E-state index contributed by atoms with van der Waals surface area (Å²) in [6.45, 7) is 3.72. The van der Waals surface area contributed by atoms with Crippen molar-refractivity contribution < 1.29 is 19.7 Å². The number of ether oxygens (including phenoxy) is 1. The third-order valence-electron chi connectivity index (χ3n) is 5.66. The lowest BCUT2D eigenvalue weighted by Gasteiger charge is -2.15. The number of carbonyl (C=O) groups is 1. The van der Waals surface area contributed by atoms with E-state index in [0.717, 1.165) is 23.1 Å². The van der Waals surface area contributed by atoms with E-state index in [1.807, 2.05) is 49.4 Å². The molecule has 0 radical (unpaired) electrons. The summed E-state index contributed by atoms with van der Waals surface area (Å²) in [7, 11) is 0. The second-order valence-corrected chi connectivity index (χ2v) is 8.03. The molecular formula is C26H26N4O4. The summed E-state index contributed by atoms with van der Waals surface area (Å²) in [5, 5.41) is 35.3. The number of nitrogens with one attached hydrogen (secondary N) is 1. The van der Waals surface area contributed by atoms with Gasteiger partial charge in [-0.3, -0.25) is 4.79 Å². The number of hydrogen-bond acceptors (Lipinski definition) is 7. The molecular weight excluding hydrogens is 432 g/mol. The number of H-pyrrole nitrogens is 1. The summed E-state index contributed by atoms with van der Waals surface area (Å²) in [5.41, 5.74) is 4.09. The minimum atomic E-state index is -0.826. The smallest absolute Gasteiger partial charge is 0.204 e. The molecule has 1 aromatic heterocycles. The van der Waals surface area contributed by atoms with Crippen LogP contribution in [0.2, 0.25) is 0 Å². The molecule has 0 fully saturated rings. The van der Waals surface area contributed by atoms with Gasteiger partial charge in [-0.15, -0.1) is 10.2 Å². The fraction of sp³-hybridized carbons (Fsp3) is 0.231. The number of benzene rings is 3. The van der Waals surface area contributed by atoms with Gasteiger partial charge in [0.15, 0.2) is 5.78 Å². The number of carbonyl (C=O) groups excluding carboxylic acids is 1. The molecule has 174 valence electrons. The largest absolute Gasteiger partial charge is 0.507 e. The van der Waals surface area contributed by atoms with Gasteiger partial charge in [0.05, 0.1) is 5.56 Å². The minimum absolute atomic E-state index is 0.0389. The van der Waals surface area contributed by atoms with Crippen molar-refractivity contribution in [2.45, 2.75) is 39.4 Å². The van der Waals surface area contributed by atoms with E-state index in [0.29, 0.717) is 34.7 Å². The Kier molecular flexibility index (Phi) is 6.98. The van der Waals surface area contributed by atoms with Crippen LogP contribution in [-0.2, 0) is 13.0 Å². The Morgan fingerprint density at radius 1 is 1.09 bits per heavy atom. The van der Waals surface area contributed by atoms with E-state index in [1.165, 1.54) is 6.92 Å². The van der Waals surface area contributed by atoms with Crippen molar-refractivity contribution >= 4 is 5.78 Å². The van der Waals surface area contributed by atoms with E-state index in [4.69, 9.17) is 4.74 Å². The quantitative estimate of drug-likeness (QED) is 0.318. The van der Waals surface area contributed by atoms with Gasteiger partial charge in [0, 0.05) is 11.1 Å². The lowest BCUT2D eigenvalue weighted by atomic mass is 9.97. The zero-order valence-electron chi connectivity index (χ0n) is 19.0. The first kappa shape index (κ1) is 23.1.